The maximum atomic E-state index is 12.7. The molecule has 0 saturated carbocycles. The summed E-state index contributed by atoms with van der Waals surface area (Å²) in [6.07, 6.45) is -3.70. The summed E-state index contributed by atoms with van der Waals surface area (Å²) in [4.78, 5) is 13.6. The van der Waals surface area contributed by atoms with Crippen LogP contribution in [0.1, 0.15) is 28.8 Å². The van der Waals surface area contributed by atoms with Gasteiger partial charge in [-0.15, -0.1) is 0 Å². The van der Waals surface area contributed by atoms with Crippen LogP contribution in [0.15, 0.2) is 24.3 Å². The molecular formula is C14H16F3NO. The van der Waals surface area contributed by atoms with E-state index in [0.29, 0.717) is 18.5 Å². The van der Waals surface area contributed by atoms with Crippen molar-refractivity contribution >= 4 is 5.91 Å². The Hall–Kier alpha value is -1.52. The van der Waals surface area contributed by atoms with Gasteiger partial charge in [-0.05, 0) is 31.4 Å². The topological polar surface area (TPSA) is 20.3 Å². The van der Waals surface area contributed by atoms with Crippen molar-refractivity contribution in [3.8, 4) is 0 Å². The van der Waals surface area contributed by atoms with E-state index in [2.05, 4.69) is 0 Å². The van der Waals surface area contributed by atoms with Crippen LogP contribution in [0.2, 0.25) is 0 Å². The number of hydrogen-bond acceptors (Lipinski definition) is 1. The first kappa shape index (κ1) is 13.9. The molecule has 1 saturated heterocycles. The van der Waals surface area contributed by atoms with E-state index < -0.39 is 12.1 Å². The van der Waals surface area contributed by atoms with Crippen LogP contribution in [-0.4, -0.2) is 30.1 Å². The summed E-state index contributed by atoms with van der Waals surface area (Å²) in [5, 5.41) is 0. The van der Waals surface area contributed by atoms with E-state index in [0.717, 1.165) is 5.56 Å². The van der Waals surface area contributed by atoms with E-state index >= 15 is 0 Å². The van der Waals surface area contributed by atoms with Crippen LogP contribution in [0.5, 0.6) is 0 Å². The fourth-order valence-corrected chi connectivity index (χ4v) is 2.41. The Bertz CT molecular complexity index is 470. The van der Waals surface area contributed by atoms with Crippen molar-refractivity contribution in [3.63, 3.8) is 0 Å². The van der Waals surface area contributed by atoms with Crippen LogP contribution >= 0.6 is 0 Å². The lowest BCUT2D eigenvalue weighted by molar-refractivity contribution is -0.184. The predicted octanol–water partition coefficient (Wildman–Crippen LogP) is 3.41. The number of carbonyl (C=O) groups excluding carboxylic acids is 1. The summed E-state index contributed by atoms with van der Waals surface area (Å²) >= 11 is 0. The molecule has 1 aliphatic heterocycles. The minimum Gasteiger partial charge on any atom is -0.338 e. The first-order valence-corrected chi connectivity index (χ1v) is 6.31. The molecule has 1 amide bonds. The number of rotatable bonds is 1. The Balaban J connectivity index is 2.14. The molecule has 104 valence electrons. The van der Waals surface area contributed by atoms with E-state index in [1.165, 1.54) is 4.90 Å². The fraction of sp³-hybridized carbons (Fsp3) is 0.500. The third kappa shape index (κ3) is 3.08. The average molecular weight is 271 g/mol. The number of nitrogens with zero attached hydrogens (tertiary/aromatic N) is 1. The van der Waals surface area contributed by atoms with Gasteiger partial charge in [-0.1, -0.05) is 18.2 Å². The van der Waals surface area contributed by atoms with Crippen molar-refractivity contribution < 1.29 is 18.0 Å². The largest absolute Gasteiger partial charge is 0.393 e. The van der Waals surface area contributed by atoms with Gasteiger partial charge in [-0.3, -0.25) is 4.79 Å². The third-order valence-electron chi connectivity index (χ3n) is 3.55. The molecule has 0 aliphatic carbocycles. The van der Waals surface area contributed by atoms with Crippen molar-refractivity contribution in [2.75, 3.05) is 13.1 Å². The summed E-state index contributed by atoms with van der Waals surface area (Å²) < 4.78 is 38.2. The molecule has 1 heterocycles. The van der Waals surface area contributed by atoms with Crippen LogP contribution in [0.3, 0.4) is 0 Å². The minimum atomic E-state index is -4.22. The lowest BCUT2D eigenvalue weighted by Gasteiger charge is -2.34. The van der Waals surface area contributed by atoms with Gasteiger partial charge < -0.3 is 4.90 Å². The molecule has 19 heavy (non-hydrogen) atoms. The number of halogens is 3. The molecule has 1 aromatic carbocycles. The van der Waals surface area contributed by atoms with Crippen molar-refractivity contribution in [3.05, 3.63) is 35.4 Å². The van der Waals surface area contributed by atoms with E-state index in [9.17, 15) is 18.0 Å². The quantitative estimate of drug-likeness (QED) is 0.766. The van der Waals surface area contributed by atoms with E-state index in [-0.39, 0.29) is 18.9 Å². The number of likely N-dealkylation sites (tertiary alicyclic amines) is 1. The van der Waals surface area contributed by atoms with Crippen LogP contribution in [-0.2, 0) is 0 Å². The molecule has 1 fully saturated rings. The fourth-order valence-electron chi connectivity index (χ4n) is 2.41. The molecule has 2 rings (SSSR count). The van der Waals surface area contributed by atoms with Gasteiger partial charge >= 0.3 is 6.18 Å². The summed E-state index contributed by atoms with van der Waals surface area (Å²) in [6.45, 7) is 1.97. The van der Waals surface area contributed by atoms with E-state index in [4.69, 9.17) is 0 Å². The molecule has 0 spiro atoms. The number of piperidine rings is 1. The lowest BCUT2D eigenvalue weighted by atomic mass is 9.96. The highest BCUT2D eigenvalue weighted by atomic mass is 19.4. The highest BCUT2D eigenvalue weighted by Gasteiger charge is 2.42. The Morgan fingerprint density at radius 2 is 2.00 bits per heavy atom. The summed E-state index contributed by atoms with van der Waals surface area (Å²) in [7, 11) is 0. The zero-order chi connectivity index (χ0) is 14.0. The SMILES string of the molecule is Cc1ccccc1C(=O)N1CCC[C@@H](C(F)(F)F)C1. The van der Waals surface area contributed by atoms with Gasteiger partial charge in [0, 0.05) is 18.7 Å². The summed E-state index contributed by atoms with van der Waals surface area (Å²) in [6, 6.07) is 6.99. The van der Waals surface area contributed by atoms with E-state index in [1.54, 1.807) is 31.2 Å². The molecule has 0 N–H and O–H groups in total. The second-order valence-corrected chi connectivity index (χ2v) is 4.95. The first-order valence-electron chi connectivity index (χ1n) is 6.31. The zero-order valence-electron chi connectivity index (χ0n) is 10.7. The highest BCUT2D eigenvalue weighted by Crippen LogP contribution is 2.33. The number of benzene rings is 1. The van der Waals surface area contributed by atoms with E-state index in [1.807, 2.05) is 0 Å². The molecule has 0 radical (unpaired) electrons. The normalized spacial score (nSPS) is 20.4. The van der Waals surface area contributed by atoms with Crippen molar-refractivity contribution in [1.82, 2.24) is 4.90 Å². The van der Waals surface area contributed by atoms with Gasteiger partial charge in [0.1, 0.15) is 0 Å². The second-order valence-electron chi connectivity index (χ2n) is 4.95. The van der Waals surface area contributed by atoms with Crippen LogP contribution in [0.25, 0.3) is 0 Å². The number of carbonyl (C=O) groups is 1. The van der Waals surface area contributed by atoms with Gasteiger partial charge in [-0.25, -0.2) is 0 Å². The maximum absolute atomic E-state index is 12.7. The molecular weight excluding hydrogens is 255 g/mol. The number of amides is 1. The Morgan fingerprint density at radius 3 is 2.63 bits per heavy atom. The van der Waals surface area contributed by atoms with Crippen LogP contribution in [0, 0.1) is 12.8 Å². The van der Waals surface area contributed by atoms with Gasteiger partial charge in [0.15, 0.2) is 0 Å². The molecule has 1 atom stereocenters. The van der Waals surface area contributed by atoms with Crippen LogP contribution in [0.4, 0.5) is 13.2 Å². The monoisotopic (exact) mass is 271 g/mol. The minimum absolute atomic E-state index is 0.112. The van der Waals surface area contributed by atoms with Gasteiger partial charge in [0.05, 0.1) is 5.92 Å². The Labute approximate surface area is 110 Å². The number of aryl methyl sites for hydroxylation is 1. The van der Waals surface area contributed by atoms with Crippen molar-refractivity contribution in [2.24, 2.45) is 5.92 Å². The zero-order valence-corrected chi connectivity index (χ0v) is 10.7. The lowest BCUT2D eigenvalue weighted by Crippen LogP contribution is -2.44. The molecule has 0 aromatic heterocycles. The molecule has 0 bridgehead atoms. The maximum Gasteiger partial charge on any atom is 0.393 e. The summed E-state index contributed by atoms with van der Waals surface area (Å²) in [5.41, 5.74) is 1.28. The highest BCUT2D eigenvalue weighted by molar-refractivity contribution is 5.95. The number of hydrogen-bond donors (Lipinski definition) is 0. The average Bonchev–Trinajstić information content (AvgIpc) is 2.38. The third-order valence-corrected chi connectivity index (χ3v) is 3.55. The molecule has 5 heteroatoms. The first-order chi connectivity index (χ1) is 8.89. The number of alkyl halides is 3. The summed E-state index contributed by atoms with van der Waals surface area (Å²) in [5.74, 6) is -1.69. The van der Waals surface area contributed by atoms with Gasteiger partial charge in [0.25, 0.3) is 5.91 Å². The smallest absolute Gasteiger partial charge is 0.338 e. The van der Waals surface area contributed by atoms with Gasteiger partial charge in [-0.2, -0.15) is 13.2 Å². The molecule has 2 nitrogen and oxygen atoms in total. The predicted molar refractivity (Wildman–Crippen MR) is 65.9 cm³/mol. The second kappa shape index (κ2) is 5.23. The van der Waals surface area contributed by atoms with Gasteiger partial charge in [0.2, 0.25) is 0 Å². The molecule has 1 aliphatic rings. The Morgan fingerprint density at radius 1 is 1.32 bits per heavy atom. The standard InChI is InChI=1S/C14H16F3NO/c1-10-5-2-3-7-12(10)13(19)18-8-4-6-11(9-18)14(15,16)17/h2-3,5,7,11H,4,6,8-9H2,1H3/t11-/m1/s1. The van der Waals surface area contributed by atoms with Crippen LogP contribution < -0.4 is 0 Å². The Kier molecular flexibility index (Phi) is 3.83. The molecule has 1 aromatic rings. The van der Waals surface area contributed by atoms with Crippen molar-refractivity contribution in [2.45, 2.75) is 25.9 Å². The molecule has 0 unspecified atom stereocenters. The van der Waals surface area contributed by atoms with Crippen molar-refractivity contribution in [1.29, 1.82) is 0 Å².